The van der Waals surface area contributed by atoms with Crippen LogP contribution in [-0.2, 0) is 4.79 Å². The summed E-state index contributed by atoms with van der Waals surface area (Å²) in [6.45, 7) is 10.6. The lowest BCUT2D eigenvalue weighted by Crippen LogP contribution is -2.56. The van der Waals surface area contributed by atoms with E-state index in [-0.39, 0.29) is 5.54 Å². The van der Waals surface area contributed by atoms with Crippen LogP contribution in [0.25, 0.3) is 0 Å². The van der Waals surface area contributed by atoms with Crippen molar-refractivity contribution in [2.75, 3.05) is 13.1 Å². The van der Waals surface area contributed by atoms with Gasteiger partial charge in [0.05, 0.1) is 5.54 Å². The number of hydrogen-bond acceptors (Lipinski definition) is 2. The van der Waals surface area contributed by atoms with Gasteiger partial charge in [0.15, 0.2) is 5.78 Å². The second kappa shape index (κ2) is 5.81. The number of carbonyl (C=O) groups excluding carboxylic acids is 1. The van der Waals surface area contributed by atoms with E-state index in [9.17, 15) is 4.79 Å². The molecule has 1 aliphatic rings. The van der Waals surface area contributed by atoms with Gasteiger partial charge in [-0.05, 0) is 38.8 Å². The molecule has 0 aromatic rings. The van der Waals surface area contributed by atoms with Gasteiger partial charge < -0.3 is 0 Å². The summed E-state index contributed by atoms with van der Waals surface area (Å²) < 4.78 is 0. The molecule has 0 amide bonds. The molecule has 94 valence electrons. The van der Waals surface area contributed by atoms with Gasteiger partial charge in [0.2, 0.25) is 0 Å². The Kier molecular flexibility index (Phi) is 4.97. The summed E-state index contributed by atoms with van der Waals surface area (Å²) in [7, 11) is 0. The molecule has 1 saturated carbocycles. The van der Waals surface area contributed by atoms with E-state index < -0.39 is 0 Å². The molecule has 0 radical (unpaired) electrons. The van der Waals surface area contributed by atoms with Gasteiger partial charge in [0.1, 0.15) is 0 Å². The largest absolute Gasteiger partial charge is 0.297 e. The van der Waals surface area contributed by atoms with Crippen molar-refractivity contribution in [2.24, 2.45) is 5.92 Å². The number of nitrogens with zero attached hydrogens (tertiary/aromatic N) is 1. The second-order valence-corrected chi connectivity index (χ2v) is 4.90. The van der Waals surface area contributed by atoms with Crippen LogP contribution in [0.3, 0.4) is 0 Å². The molecular formula is C14H27NO. The molecule has 0 atom stereocenters. The molecule has 0 unspecified atom stereocenters. The van der Waals surface area contributed by atoms with Crippen LogP contribution in [0.5, 0.6) is 0 Å². The Morgan fingerprint density at radius 3 is 1.88 bits per heavy atom. The van der Waals surface area contributed by atoms with Crippen molar-refractivity contribution in [3.8, 4) is 0 Å². The molecular weight excluding hydrogens is 198 g/mol. The molecule has 16 heavy (non-hydrogen) atoms. The number of likely N-dealkylation sites (N-methyl/N-ethyl adjacent to an activating group) is 1. The molecule has 2 heteroatoms. The Morgan fingerprint density at radius 2 is 1.62 bits per heavy atom. The highest BCUT2D eigenvalue weighted by molar-refractivity contribution is 5.91. The molecule has 0 N–H and O–H groups in total. The fourth-order valence-corrected chi connectivity index (χ4v) is 3.08. The summed E-state index contributed by atoms with van der Waals surface area (Å²) in [4.78, 5) is 15.0. The van der Waals surface area contributed by atoms with Gasteiger partial charge in [0, 0.05) is 5.92 Å². The van der Waals surface area contributed by atoms with Crippen LogP contribution in [-0.4, -0.2) is 29.3 Å². The first kappa shape index (κ1) is 13.7. The highest BCUT2D eigenvalue weighted by atomic mass is 16.1. The lowest BCUT2D eigenvalue weighted by molar-refractivity contribution is -0.138. The van der Waals surface area contributed by atoms with E-state index in [0.29, 0.717) is 11.7 Å². The zero-order valence-corrected chi connectivity index (χ0v) is 11.4. The zero-order valence-electron chi connectivity index (χ0n) is 11.4. The predicted octanol–water partition coefficient (Wildman–Crippen LogP) is 3.26. The first-order chi connectivity index (χ1) is 7.66. The lowest BCUT2D eigenvalue weighted by atomic mass is 9.72. The molecule has 0 bridgehead atoms. The van der Waals surface area contributed by atoms with E-state index in [1.807, 2.05) is 0 Å². The second-order valence-electron chi connectivity index (χ2n) is 4.90. The highest BCUT2D eigenvalue weighted by Gasteiger charge is 2.43. The summed E-state index contributed by atoms with van der Waals surface area (Å²) in [6.07, 6.45) is 5.42. The predicted molar refractivity (Wildman–Crippen MR) is 68.6 cm³/mol. The van der Waals surface area contributed by atoms with E-state index in [4.69, 9.17) is 0 Å². The van der Waals surface area contributed by atoms with Crippen LogP contribution < -0.4 is 0 Å². The number of hydrogen-bond donors (Lipinski definition) is 0. The fraction of sp³-hybridized carbons (Fsp3) is 0.929. The first-order valence-corrected chi connectivity index (χ1v) is 6.95. The highest BCUT2D eigenvalue weighted by Crippen LogP contribution is 2.36. The third-order valence-corrected chi connectivity index (χ3v) is 4.47. The third-order valence-electron chi connectivity index (χ3n) is 4.47. The SMILES string of the molecule is CCN(CC)C(CC)(CC)C(=O)C1CCC1. The maximum Gasteiger partial charge on any atom is 0.156 e. The van der Waals surface area contributed by atoms with Crippen LogP contribution >= 0.6 is 0 Å². The van der Waals surface area contributed by atoms with Crippen LogP contribution in [0.2, 0.25) is 0 Å². The van der Waals surface area contributed by atoms with Crippen LogP contribution in [0.4, 0.5) is 0 Å². The quantitative estimate of drug-likeness (QED) is 0.663. The Balaban J connectivity index is 2.88. The summed E-state index contributed by atoms with van der Waals surface area (Å²) in [5, 5.41) is 0. The summed E-state index contributed by atoms with van der Waals surface area (Å²) in [6, 6.07) is 0. The van der Waals surface area contributed by atoms with Gasteiger partial charge in [0.25, 0.3) is 0 Å². The lowest BCUT2D eigenvalue weighted by Gasteiger charge is -2.44. The molecule has 2 nitrogen and oxygen atoms in total. The minimum absolute atomic E-state index is 0.172. The van der Waals surface area contributed by atoms with Crippen molar-refractivity contribution in [2.45, 2.75) is 65.3 Å². The number of carbonyl (C=O) groups is 1. The van der Waals surface area contributed by atoms with Gasteiger partial charge in [-0.3, -0.25) is 9.69 Å². The summed E-state index contributed by atoms with van der Waals surface area (Å²) in [5.74, 6) is 0.882. The standard InChI is InChI=1S/C14H27NO/c1-5-14(6-2,15(7-3)8-4)13(16)12-10-9-11-12/h12H,5-11H2,1-4H3. The number of ketones is 1. The van der Waals surface area contributed by atoms with Crippen molar-refractivity contribution in [3.05, 3.63) is 0 Å². The van der Waals surface area contributed by atoms with Crippen molar-refractivity contribution in [3.63, 3.8) is 0 Å². The molecule has 0 aromatic heterocycles. The third kappa shape index (κ3) is 2.17. The van der Waals surface area contributed by atoms with E-state index in [1.165, 1.54) is 6.42 Å². The number of Topliss-reactive ketones (excluding diaryl/α,β-unsaturated/α-hetero) is 1. The zero-order chi connectivity index (χ0) is 12.2. The number of rotatable bonds is 7. The average Bonchev–Trinajstić information content (AvgIpc) is 2.23. The van der Waals surface area contributed by atoms with Crippen molar-refractivity contribution >= 4 is 5.78 Å². The van der Waals surface area contributed by atoms with Crippen molar-refractivity contribution in [1.82, 2.24) is 4.90 Å². The van der Waals surface area contributed by atoms with Crippen LogP contribution in [0.15, 0.2) is 0 Å². The van der Waals surface area contributed by atoms with E-state index in [0.717, 1.165) is 38.8 Å². The summed E-state index contributed by atoms with van der Waals surface area (Å²) in [5.41, 5.74) is -0.172. The normalized spacial score (nSPS) is 17.6. The van der Waals surface area contributed by atoms with Gasteiger partial charge in [-0.25, -0.2) is 0 Å². The molecule has 1 fully saturated rings. The molecule has 1 aliphatic carbocycles. The van der Waals surface area contributed by atoms with Gasteiger partial charge in [-0.1, -0.05) is 34.1 Å². The maximum atomic E-state index is 12.6. The Bertz CT molecular complexity index is 225. The molecule has 0 aromatic carbocycles. The van der Waals surface area contributed by atoms with Gasteiger partial charge in [-0.15, -0.1) is 0 Å². The van der Waals surface area contributed by atoms with Crippen molar-refractivity contribution in [1.29, 1.82) is 0 Å². The molecule has 1 rings (SSSR count). The topological polar surface area (TPSA) is 20.3 Å². The molecule has 0 spiro atoms. The maximum absolute atomic E-state index is 12.6. The van der Waals surface area contributed by atoms with Crippen LogP contribution in [0.1, 0.15) is 59.8 Å². The summed E-state index contributed by atoms with van der Waals surface area (Å²) >= 11 is 0. The van der Waals surface area contributed by atoms with Crippen LogP contribution in [0, 0.1) is 5.92 Å². The average molecular weight is 225 g/mol. The molecule has 0 heterocycles. The fourth-order valence-electron chi connectivity index (χ4n) is 3.08. The molecule has 0 aliphatic heterocycles. The smallest absolute Gasteiger partial charge is 0.156 e. The Morgan fingerprint density at radius 1 is 1.12 bits per heavy atom. The van der Waals surface area contributed by atoms with E-state index in [2.05, 4.69) is 32.6 Å². The Hall–Kier alpha value is -0.370. The first-order valence-electron chi connectivity index (χ1n) is 6.95. The van der Waals surface area contributed by atoms with Gasteiger partial charge >= 0.3 is 0 Å². The van der Waals surface area contributed by atoms with E-state index >= 15 is 0 Å². The van der Waals surface area contributed by atoms with E-state index in [1.54, 1.807) is 0 Å². The minimum atomic E-state index is -0.172. The minimum Gasteiger partial charge on any atom is -0.297 e. The van der Waals surface area contributed by atoms with Crippen molar-refractivity contribution < 1.29 is 4.79 Å². The monoisotopic (exact) mass is 225 g/mol. The van der Waals surface area contributed by atoms with Gasteiger partial charge in [-0.2, -0.15) is 0 Å². The Labute approximate surface area is 100 Å². The molecule has 0 saturated heterocycles.